The lowest BCUT2D eigenvalue weighted by Gasteiger charge is -2.31. The average Bonchev–Trinajstić information content (AvgIpc) is 2.55. The third-order valence-electron chi connectivity index (χ3n) is 3.79. The molecule has 0 aliphatic carbocycles. The molecule has 0 bridgehead atoms. The second-order valence-electron chi connectivity index (χ2n) is 6.98. The SMILES string of the molecule is CC(C)(C)OC(=O)N(CCN1CCOCC1)c1ccc([N+](=O)[O-])cc1F. The molecule has 1 amide bonds. The van der Waals surface area contributed by atoms with E-state index in [-0.39, 0.29) is 17.9 Å². The van der Waals surface area contributed by atoms with Crippen molar-refractivity contribution >= 4 is 17.5 Å². The van der Waals surface area contributed by atoms with Crippen LogP contribution in [0.4, 0.5) is 20.6 Å². The summed E-state index contributed by atoms with van der Waals surface area (Å²) in [5.41, 5.74) is -1.16. The van der Waals surface area contributed by atoms with E-state index in [0.29, 0.717) is 19.8 Å². The highest BCUT2D eigenvalue weighted by atomic mass is 19.1. The second-order valence-corrected chi connectivity index (χ2v) is 6.98. The molecule has 26 heavy (non-hydrogen) atoms. The molecule has 0 atom stereocenters. The van der Waals surface area contributed by atoms with E-state index in [1.807, 2.05) is 0 Å². The first-order valence-corrected chi connectivity index (χ1v) is 8.42. The summed E-state index contributed by atoms with van der Waals surface area (Å²) in [5, 5.41) is 10.8. The van der Waals surface area contributed by atoms with Crippen LogP contribution in [0.25, 0.3) is 0 Å². The molecular weight excluding hydrogens is 345 g/mol. The summed E-state index contributed by atoms with van der Waals surface area (Å²) in [6.07, 6.45) is -0.696. The van der Waals surface area contributed by atoms with Gasteiger partial charge in [-0.15, -0.1) is 0 Å². The van der Waals surface area contributed by atoms with Gasteiger partial charge < -0.3 is 9.47 Å². The quantitative estimate of drug-likeness (QED) is 0.586. The number of ether oxygens (including phenoxy) is 2. The van der Waals surface area contributed by atoms with Crippen molar-refractivity contribution in [3.05, 3.63) is 34.1 Å². The molecule has 1 heterocycles. The molecule has 1 aromatic rings. The number of morpholine rings is 1. The van der Waals surface area contributed by atoms with E-state index in [2.05, 4.69) is 4.90 Å². The summed E-state index contributed by atoms with van der Waals surface area (Å²) in [5.74, 6) is -0.841. The van der Waals surface area contributed by atoms with Crippen molar-refractivity contribution in [1.82, 2.24) is 4.90 Å². The topological polar surface area (TPSA) is 85.2 Å². The van der Waals surface area contributed by atoms with Crippen molar-refractivity contribution in [2.75, 3.05) is 44.3 Å². The van der Waals surface area contributed by atoms with Crippen molar-refractivity contribution in [2.45, 2.75) is 26.4 Å². The van der Waals surface area contributed by atoms with Crippen LogP contribution in [0.1, 0.15) is 20.8 Å². The number of benzene rings is 1. The van der Waals surface area contributed by atoms with Gasteiger partial charge in [0.2, 0.25) is 0 Å². The molecule has 0 spiro atoms. The Kier molecular flexibility index (Phi) is 6.49. The van der Waals surface area contributed by atoms with Gasteiger partial charge in [0.1, 0.15) is 5.60 Å². The fourth-order valence-electron chi connectivity index (χ4n) is 2.52. The van der Waals surface area contributed by atoms with Crippen molar-refractivity contribution in [3.8, 4) is 0 Å². The van der Waals surface area contributed by atoms with E-state index in [0.717, 1.165) is 19.2 Å². The number of halogens is 1. The van der Waals surface area contributed by atoms with E-state index in [4.69, 9.17) is 9.47 Å². The predicted molar refractivity (Wildman–Crippen MR) is 93.9 cm³/mol. The van der Waals surface area contributed by atoms with Crippen molar-refractivity contribution in [3.63, 3.8) is 0 Å². The minimum absolute atomic E-state index is 0.0434. The minimum Gasteiger partial charge on any atom is -0.443 e. The van der Waals surface area contributed by atoms with Crippen molar-refractivity contribution < 1.29 is 23.6 Å². The summed E-state index contributed by atoms with van der Waals surface area (Å²) in [7, 11) is 0. The largest absolute Gasteiger partial charge is 0.443 e. The zero-order valence-corrected chi connectivity index (χ0v) is 15.2. The Bertz CT molecular complexity index is 656. The van der Waals surface area contributed by atoms with E-state index in [9.17, 15) is 19.3 Å². The summed E-state index contributed by atoms with van der Waals surface area (Å²) < 4.78 is 25.1. The van der Waals surface area contributed by atoms with Gasteiger partial charge in [0.05, 0.1) is 29.9 Å². The third kappa shape index (κ3) is 5.63. The molecule has 0 saturated carbocycles. The number of amides is 1. The van der Waals surface area contributed by atoms with Crippen LogP contribution >= 0.6 is 0 Å². The molecule has 1 aliphatic heterocycles. The average molecular weight is 369 g/mol. The van der Waals surface area contributed by atoms with Crippen LogP contribution in [-0.2, 0) is 9.47 Å². The number of hydrogen-bond acceptors (Lipinski definition) is 6. The first-order chi connectivity index (χ1) is 12.2. The Hall–Kier alpha value is -2.26. The van der Waals surface area contributed by atoms with Crippen LogP contribution in [0, 0.1) is 15.9 Å². The highest BCUT2D eigenvalue weighted by Crippen LogP contribution is 2.25. The molecular formula is C17H24FN3O5. The number of anilines is 1. The summed E-state index contributed by atoms with van der Waals surface area (Å²) in [6.45, 7) is 8.54. The number of carbonyl (C=O) groups is 1. The highest BCUT2D eigenvalue weighted by Gasteiger charge is 2.27. The molecule has 144 valence electrons. The third-order valence-corrected chi connectivity index (χ3v) is 3.79. The molecule has 0 unspecified atom stereocenters. The van der Waals surface area contributed by atoms with Crippen LogP contribution < -0.4 is 4.90 Å². The van der Waals surface area contributed by atoms with Crippen molar-refractivity contribution in [1.29, 1.82) is 0 Å². The van der Waals surface area contributed by atoms with Gasteiger partial charge in [-0.25, -0.2) is 9.18 Å². The molecule has 0 aromatic heterocycles. The molecule has 2 rings (SSSR count). The van der Waals surface area contributed by atoms with Gasteiger partial charge >= 0.3 is 6.09 Å². The van der Waals surface area contributed by atoms with E-state index < -0.39 is 22.4 Å². The standard InChI is InChI=1S/C17H24FN3O5/c1-17(2,3)26-16(22)20(7-6-19-8-10-25-11-9-19)15-5-4-13(21(23)24)12-14(15)18/h4-5,12H,6-11H2,1-3H3. The molecule has 1 aromatic carbocycles. The Labute approximate surface area is 151 Å². The Morgan fingerprint density at radius 1 is 1.38 bits per heavy atom. The van der Waals surface area contributed by atoms with Crippen LogP contribution in [0.2, 0.25) is 0 Å². The smallest absolute Gasteiger partial charge is 0.414 e. The molecule has 0 radical (unpaired) electrons. The maximum atomic E-state index is 14.4. The van der Waals surface area contributed by atoms with Crippen LogP contribution in [0.15, 0.2) is 18.2 Å². The highest BCUT2D eigenvalue weighted by molar-refractivity contribution is 5.88. The Morgan fingerprint density at radius 2 is 2.04 bits per heavy atom. The summed E-state index contributed by atoms with van der Waals surface area (Å²) in [4.78, 5) is 26.0. The lowest BCUT2D eigenvalue weighted by atomic mass is 10.2. The Balaban J connectivity index is 2.21. The number of nitro groups is 1. The summed E-state index contributed by atoms with van der Waals surface area (Å²) in [6, 6.07) is 3.21. The lowest BCUT2D eigenvalue weighted by Crippen LogP contribution is -2.45. The predicted octanol–water partition coefficient (Wildman–Crippen LogP) is 2.81. The number of non-ortho nitro benzene ring substituents is 1. The molecule has 1 saturated heterocycles. The fourth-order valence-corrected chi connectivity index (χ4v) is 2.52. The number of carbonyl (C=O) groups excluding carboxylic acids is 1. The van der Waals surface area contributed by atoms with Gasteiger partial charge in [-0.2, -0.15) is 0 Å². The van der Waals surface area contributed by atoms with E-state index in [1.54, 1.807) is 20.8 Å². The lowest BCUT2D eigenvalue weighted by molar-refractivity contribution is -0.385. The monoisotopic (exact) mass is 369 g/mol. The van der Waals surface area contributed by atoms with E-state index >= 15 is 0 Å². The second kappa shape index (κ2) is 8.41. The van der Waals surface area contributed by atoms with Crippen molar-refractivity contribution in [2.24, 2.45) is 0 Å². The Morgan fingerprint density at radius 3 is 2.58 bits per heavy atom. The number of rotatable bonds is 5. The molecule has 9 heteroatoms. The first-order valence-electron chi connectivity index (χ1n) is 8.42. The van der Waals surface area contributed by atoms with Gasteiger partial charge in [-0.05, 0) is 26.8 Å². The molecule has 8 nitrogen and oxygen atoms in total. The normalized spacial score (nSPS) is 15.5. The fraction of sp³-hybridized carbons (Fsp3) is 0.588. The first kappa shape index (κ1) is 20.1. The van der Waals surface area contributed by atoms with Gasteiger partial charge in [0, 0.05) is 32.2 Å². The number of nitrogens with zero attached hydrogens (tertiary/aromatic N) is 3. The molecule has 0 N–H and O–H groups in total. The zero-order valence-electron chi connectivity index (χ0n) is 15.2. The van der Waals surface area contributed by atoms with Gasteiger partial charge in [0.15, 0.2) is 5.82 Å². The summed E-state index contributed by atoms with van der Waals surface area (Å²) >= 11 is 0. The van der Waals surface area contributed by atoms with Crippen LogP contribution in [-0.4, -0.2) is 60.9 Å². The van der Waals surface area contributed by atoms with Crippen LogP contribution in [0.5, 0.6) is 0 Å². The molecule has 1 aliphatic rings. The van der Waals surface area contributed by atoms with Gasteiger partial charge in [-0.1, -0.05) is 0 Å². The molecule has 1 fully saturated rings. The minimum atomic E-state index is -0.841. The van der Waals surface area contributed by atoms with Gasteiger partial charge in [-0.3, -0.25) is 19.9 Å². The van der Waals surface area contributed by atoms with E-state index in [1.165, 1.54) is 17.0 Å². The van der Waals surface area contributed by atoms with Gasteiger partial charge in [0.25, 0.3) is 5.69 Å². The zero-order chi connectivity index (χ0) is 19.3. The maximum Gasteiger partial charge on any atom is 0.414 e. The van der Waals surface area contributed by atoms with Crippen LogP contribution in [0.3, 0.4) is 0 Å². The maximum absolute atomic E-state index is 14.4. The number of nitro benzene ring substituents is 1. The number of hydrogen-bond donors (Lipinski definition) is 0.